The third-order valence-electron chi connectivity index (χ3n) is 2.28. The molecule has 1 aromatic carbocycles. The SMILES string of the molecule is COCc1cc(C(=O)NCC(C)C)ccc1Br. The third kappa shape index (κ3) is 4.48. The van der Waals surface area contributed by atoms with E-state index in [0.717, 1.165) is 10.0 Å². The summed E-state index contributed by atoms with van der Waals surface area (Å²) in [4.78, 5) is 11.8. The molecule has 0 atom stereocenters. The third-order valence-corrected chi connectivity index (χ3v) is 3.05. The van der Waals surface area contributed by atoms with Crippen LogP contribution in [0.5, 0.6) is 0 Å². The number of nitrogens with one attached hydrogen (secondary N) is 1. The van der Waals surface area contributed by atoms with Gasteiger partial charge in [-0.1, -0.05) is 29.8 Å². The number of ether oxygens (including phenoxy) is 1. The van der Waals surface area contributed by atoms with E-state index in [9.17, 15) is 4.79 Å². The summed E-state index contributed by atoms with van der Waals surface area (Å²) in [7, 11) is 1.64. The molecule has 0 heterocycles. The molecule has 0 saturated heterocycles. The highest BCUT2D eigenvalue weighted by Gasteiger charge is 2.08. The highest BCUT2D eigenvalue weighted by Crippen LogP contribution is 2.19. The van der Waals surface area contributed by atoms with Crippen molar-refractivity contribution in [2.45, 2.75) is 20.5 Å². The molecule has 1 N–H and O–H groups in total. The maximum Gasteiger partial charge on any atom is 0.251 e. The molecule has 0 spiro atoms. The van der Waals surface area contributed by atoms with Crippen LogP contribution >= 0.6 is 15.9 Å². The standard InChI is InChI=1S/C13H18BrNO2/c1-9(2)7-15-13(16)10-4-5-12(14)11(6-10)8-17-3/h4-6,9H,7-8H2,1-3H3,(H,15,16). The molecular formula is C13H18BrNO2. The van der Waals surface area contributed by atoms with Gasteiger partial charge in [0, 0.05) is 23.7 Å². The molecule has 0 saturated carbocycles. The van der Waals surface area contributed by atoms with Crippen LogP contribution in [0, 0.1) is 5.92 Å². The summed E-state index contributed by atoms with van der Waals surface area (Å²) in [5.74, 6) is 0.413. The number of benzene rings is 1. The molecule has 0 unspecified atom stereocenters. The van der Waals surface area contributed by atoms with Crippen molar-refractivity contribution in [3.05, 3.63) is 33.8 Å². The van der Waals surface area contributed by atoms with Gasteiger partial charge in [-0.15, -0.1) is 0 Å². The summed E-state index contributed by atoms with van der Waals surface area (Å²) in [5.41, 5.74) is 1.64. The summed E-state index contributed by atoms with van der Waals surface area (Å²) in [5, 5.41) is 2.89. The summed E-state index contributed by atoms with van der Waals surface area (Å²) in [6, 6.07) is 5.53. The Balaban J connectivity index is 2.76. The Morgan fingerprint density at radius 1 is 1.47 bits per heavy atom. The fraction of sp³-hybridized carbons (Fsp3) is 0.462. The van der Waals surface area contributed by atoms with Gasteiger partial charge in [0.2, 0.25) is 0 Å². The van der Waals surface area contributed by atoms with Crippen LogP contribution in [0.15, 0.2) is 22.7 Å². The largest absolute Gasteiger partial charge is 0.380 e. The van der Waals surface area contributed by atoms with Gasteiger partial charge in [-0.25, -0.2) is 0 Å². The van der Waals surface area contributed by atoms with Crippen molar-refractivity contribution >= 4 is 21.8 Å². The summed E-state index contributed by atoms with van der Waals surface area (Å²) < 4.78 is 6.04. The van der Waals surface area contributed by atoms with Crippen LogP contribution in [-0.2, 0) is 11.3 Å². The summed E-state index contributed by atoms with van der Waals surface area (Å²) in [6.45, 7) is 5.32. The van der Waals surface area contributed by atoms with Gasteiger partial charge in [0.1, 0.15) is 0 Å². The fourth-order valence-corrected chi connectivity index (χ4v) is 1.74. The Labute approximate surface area is 111 Å². The molecule has 4 heteroatoms. The Bertz CT molecular complexity index is 391. The monoisotopic (exact) mass is 299 g/mol. The van der Waals surface area contributed by atoms with Crippen LogP contribution < -0.4 is 5.32 Å². The van der Waals surface area contributed by atoms with Crippen molar-refractivity contribution < 1.29 is 9.53 Å². The zero-order valence-corrected chi connectivity index (χ0v) is 12.0. The number of amides is 1. The van der Waals surface area contributed by atoms with E-state index in [1.165, 1.54) is 0 Å². The number of rotatable bonds is 5. The smallest absolute Gasteiger partial charge is 0.251 e. The Morgan fingerprint density at radius 2 is 2.18 bits per heavy atom. The van der Waals surface area contributed by atoms with Gasteiger partial charge in [-0.2, -0.15) is 0 Å². The number of hydrogen-bond acceptors (Lipinski definition) is 2. The summed E-state index contributed by atoms with van der Waals surface area (Å²) in [6.07, 6.45) is 0. The van der Waals surface area contributed by atoms with Gasteiger partial charge in [0.25, 0.3) is 5.91 Å². The Morgan fingerprint density at radius 3 is 2.76 bits per heavy atom. The van der Waals surface area contributed by atoms with Gasteiger partial charge in [-0.3, -0.25) is 4.79 Å². The number of carbonyl (C=O) groups is 1. The molecule has 0 fully saturated rings. The van der Waals surface area contributed by atoms with Gasteiger partial charge in [0.05, 0.1) is 6.61 Å². The summed E-state index contributed by atoms with van der Waals surface area (Å²) >= 11 is 3.43. The molecule has 1 amide bonds. The molecule has 94 valence electrons. The molecule has 3 nitrogen and oxygen atoms in total. The van der Waals surface area contributed by atoms with E-state index in [0.29, 0.717) is 24.6 Å². The van der Waals surface area contributed by atoms with Gasteiger partial charge in [-0.05, 0) is 29.7 Å². The molecule has 0 aliphatic heterocycles. The second-order valence-corrected chi connectivity index (χ2v) is 5.20. The lowest BCUT2D eigenvalue weighted by Crippen LogP contribution is -2.27. The molecule has 17 heavy (non-hydrogen) atoms. The van der Waals surface area contributed by atoms with Crippen LogP contribution in [0.1, 0.15) is 29.8 Å². The van der Waals surface area contributed by atoms with E-state index in [2.05, 4.69) is 35.1 Å². The van der Waals surface area contributed by atoms with Crippen molar-refractivity contribution in [1.82, 2.24) is 5.32 Å². The molecule has 0 aliphatic rings. The second-order valence-electron chi connectivity index (χ2n) is 4.34. The Kier molecular flexibility index (Phi) is 5.65. The minimum absolute atomic E-state index is 0.0384. The van der Waals surface area contributed by atoms with Gasteiger partial charge < -0.3 is 10.1 Å². The number of carbonyl (C=O) groups excluding carboxylic acids is 1. The van der Waals surface area contributed by atoms with Crippen LogP contribution in [-0.4, -0.2) is 19.6 Å². The normalized spacial score (nSPS) is 10.6. The number of halogens is 1. The van der Waals surface area contributed by atoms with Crippen molar-refractivity contribution in [2.24, 2.45) is 5.92 Å². The molecule has 1 aromatic rings. The van der Waals surface area contributed by atoms with Crippen molar-refractivity contribution in [3.63, 3.8) is 0 Å². The maximum atomic E-state index is 11.8. The van der Waals surface area contributed by atoms with Crippen molar-refractivity contribution in [2.75, 3.05) is 13.7 Å². The maximum absolute atomic E-state index is 11.8. The van der Waals surface area contributed by atoms with E-state index in [1.54, 1.807) is 13.2 Å². The van der Waals surface area contributed by atoms with E-state index < -0.39 is 0 Å². The lowest BCUT2D eigenvalue weighted by Gasteiger charge is -2.09. The van der Waals surface area contributed by atoms with Gasteiger partial charge >= 0.3 is 0 Å². The zero-order valence-electron chi connectivity index (χ0n) is 10.4. The highest BCUT2D eigenvalue weighted by molar-refractivity contribution is 9.10. The fourth-order valence-electron chi connectivity index (χ4n) is 1.38. The van der Waals surface area contributed by atoms with Crippen molar-refractivity contribution in [1.29, 1.82) is 0 Å². The average molecular weight is 300 g/mol. The first kappa shape index (κ1) is 14.2. The van der Waals surface area contributed by atoms with Gasteiger partial charge in [0.15, 0.2) is 0 Å². The zero-order chi connectivity index (χ0) is 12.8. The second kappa shape index (κ2) is 6.77. The molecule has 0 radical (unpaired) electrons. The van der Waals surface area contributed by atoms with Crippen LogP contribution in [0.3, 0.4) is 0 Å². The average Bonchev–Trinajstić information content (AvgIpc) is 2.29. The first-order valence-corrected chi connectivity index (χ1v) is 6.39. The number of methoxy groups -OCH3 is 1. The van der Waals surface area contributed by atoms with E-state index in [-0.39, 0.29) is 5.91 Å². The Hall–Kier alpha value is -0.870. The van der Waals surface area contributed by atoms with E-state index in [1.807, 2.05) is 12.1 Å². The first-order chi connectivity index (χ1) is 8.04. The molecule has 0 bridgehead atoms. The highest BCUT2D eigenvalue weighted by atomic mass is 79.9. The minimum Gasteiger partial charge on any atom is -0.380 e. The first-order valence-electron chi connectivity index (χ1n) is 5.60. The van der Waals surface area contributed by atoms with Crippen LogP contribution in [0.2, 0.25) is 0 Å². The minimum atomic E-state index is -0.0384. The quantitative estimate of drug-likeness (QED) is 0.908. The van der Waals surface area contributed by atoms with Crippen LogP contribution in [0.4, 0.5) is 0 Å². The topological polar surface area (TPSA) is 38.3 Å². The van der Waals surface area contributed by atoms with E-state index in [4.69, 9.17) is 4.74 Å². The van der Waals surface area contributed by atoms with E-state index >= 15 is 0 Å². The lowest BCUT2D eigenvalue weighted by molar-refractivity contribution is 0.0948. The molecular weight excluding hydrogens is 282 g/mol. The predicted molar refractivity (Wildman–Crippen MR) is 72.0 cm³/mol. The molecule has 0 aliphatic carbocycles. The molecule has 1 rings (SSSR count). The van der Waals surface area contributed by atoms with Crippen molar-refractivity contribution in [3.8, 4) is 0 Å². The molecule has 0 aromatic heterocycles. The lowest BCUT2D eigenvalue weighted by atomic mass is 10.1. The predicted octanol–water partition coefficient (Wildman–Crippen LogP) is 2.98. The number of hydrogen-bond donors (Lipinski definition) is 1. The van der Waals surface area contributed by atoms with Crippen LogP contribution in [0.25, 0.3) is 0 Å².